The lowest BCUT2D eigenvalue weighted by Crippen LogP contribution is -2.51. The van der Waals surface area contributed by atoms with Crippen LogP contribution >= 0.6 is 0 Å². The van der Waals surface area contributed by atoms with Gasteiger partial charge < -0.3 is 9.80 Å². The largest absolute Gasteiger partial charge is 0.338 e. The maximum absolute atomic E-state index is 14.0. The van der Waals surface area contributed by atoms with Gasteiger partial charge >= 0.3 is 0 Å². The van der Waals surface area contributed by atoms with Crippen molar-refractivity contribution < 1.29 is 4.39 Å². The lowest BCUT2D eigenvalue weighted by molar-refractivity contribution is 0.204. The molecule has 1 aromatic rings. The van der Waals surface area contributed by atoms with Gasteiger partial charge in [-0.15, -0.1) is 0 Å². The number of benzene rings is 1. The number of halogens is 1. The van der Waals surface area contributed by atoms with Crippen molar-refractivity contribution in [2.45, 2.75) is 34.1 Å². The van der Waals surface area contributed by atoms with E-state index in [2.05, 4.69) is 47.4 Å². The quantitative estimate of drug-likeness (QED) is 0.686. The molecule has 28 heavy (non-hydrogen) atoms. The zero-order chi connectivity index (χ0) is 20.8. The van der Waals surface area contributed by atoms with E-state index in [1.165, 1.54) is 18.6 Å². The van der Waals surface area contributed by atoms with E-state index in [1.54, 1.807) is 5.01 Å². The van der Waals surface area contributed by atoms with E-state index in [1.807, 2.05) is 19.9 Å². The molecule has 0 saturated carbocycles. The van der Waals surface area contributed by atoms with E-state index in [-0.39, 0.29) is 5.56 Å². The summed E-state index contributed by atoms with van der Waals surface area (Å²) in [5, 5.41) is 15.3. The first-order chi connectivity index (χ1) is 13.3. The van der Waals surface area contributed by atoms with E-state index >= 15 is 0 Å². The Balaban J connectivity index is 0.000000878. The Kier molecular flexibility index (Phi) is 7.30. The third-order valence-electron chi connectivity index (χ3n) is 4.27. The average molecular weight is 385 g/mol. The summed E-state index contributed by atoms with van der Waals surface area (Å²) in [4.78, 5) is 9.03. The second kappa shape index (κ2) is 9.47. The zero-order valence-corrected chi connectivity index (χ0v) is 17.5. The van der Waals surface area contributed by atoms with Crippen LogP contribution in [0.3, 0.4) is 0 Å². The van der Waals surface area contributed by atoms with E-state index in [4.69, 9.17) is 5.26 Å². The molecule has 0 N–H and O–H groups in total. The molecule has 6 nitrogen and oxygen atoms in total. The monoisotopic (exact) mass is 384 g/mol. The highest BCUT2D eigenvalue weighted by Crippen LogP contribution is 2.36. The lowest BCUT2D eigenvalue weighted by atomic mass is 10.0. The maximum Gasteiger partial charge on any atom is 0.227 e. The van der Waals surface area contributed by atoms with Crippen molar-refractivity contribution >= 4 is 23.1 Å². The molecule has 0 aromatic heterocycles. The van der Waals surface area contributed by atoms with Gasteiger partial charge in [0.2, 0.25) is 5.96 Å². The Bertz CT molecular complexity index is 824. The SMILES string of the molecule is C=C1c2cc(C#N)c(F)cc2N=C(N2CCN(C)CC2)N1N=C(C)C.CCC. The van der Waals surface area contributed by atoms with Crippen LogP contribution < -0.4 is 0 Å². The van der Waals surface area contributed by atoms with E-state index in [0.29, 0.717) is 22.9 Å². The van der Waals surface area contributed by atoms with Crippen LogP contribution in [0.4, 0.5) is 10.1 Å². The lowest BCUT2D eigenvalue weighted by Gasteiger charge is -2.39. The van der Waals surface area contributed by atoms with Gasteiger partial charge in [0.15, 0.2) is 0 Å². The number of fused-ring (bicyclic) bond motifs is 1. The maximum atomic E-state index is 14.0. The van der Waals surface area contributed by atoms with Crippen LogP contribution in [0, 0.1) is 17.1 Å². The molecule has 0 aliphatic carbocycles. The van der Waals surface area contributed by atoms with Gasteiger partial charge in [0.1, 0.15) is 11.9 Å². The number of piperazine rings is 1. The van der Waals surface area contributed by atoms with Crippen molar-refractivity contribution in [3.8, 4) is 6.07 Å². The fourth-order valence-corrected chi connectivity index (χ4v) is 2.88. The number of guanidine groups is 1. The minimum absolute atomic E-state index is 0.0182. The zero-order valence-electron chi connectivity index (χ0n) is 17.5. The van der Waals surface area contributed by atoms with Crippen LogP contribution in [0.15, 0.2) is 28.8 Å². The summed E-state index contributed by atoms with van der Waals surface area (Å²) in [5.41, 5.74) is 2.54. The van der Waals surface area contributed by atoms with E-state index < -0.39 is 5.82 Å². The molecule has 0 amide bonds. The van der Waals surface area contributed by atoms with Crippen LogP contribution in [-0.4, -0.2) is 59.7 Å². The molecule has 150 valence electrons. The van der Waals surface area contributed by atoms with Crippen molar-refractivity contribution in [1.82, 2.24) is 14.8 Å². The van der Waals surface area contributed by atoms with Crippen molar-refractivity contribution in [3.63, 3.8) is 0 Å². The van der Waals surface area contributed by atoms with Gasteiger partial charge in [-0.2, -0.15) is 10.4 Å². The Labute approximate surface area is 167 Å². The number of nitriles is 1. The number of aliphatic imine (C=N–C) groups is 1. The van der Waals surface area contributed by atoms with Gasteiger partial charge in [-0.1, -0.05) is 26.8 Å². The smallest absolute Gasteiger partial charge is 0.227 e. The predicted molar refractivity (Wildman–Crippen MR) is 113 cm³/mol. The highest BCUT2D eigenvalue weighted by atomic mass is 19.1. The highest BCUT2D eigenvalue weighted by molar-refractivity contribution is 5.97. The molecular formula is C21H29FN6. The standard InChI is InChI=1S/C18H21FN6.C3H8/c1-12(2)22-25-13(3)15-9-14(11-20)16(19)10-17(15)21-18(25)24-7-5-23(4)6-8-24;1-3-2/h9-10H,3,5-8H2,1-2,4H3;3H2,1-2H3. The summed E-state index contributed by atoms with van der Waals surface area (Å²) in [6.45, 7) is 15.6. The summed E-state index contributed by atoms with van der Waals surface area (Å²) in [6.07, 6.45) is 1.25. The molecule has 0 bridgehead atoms. The van der Waals surface area contributed by atoms with Crippen molar-refractivity contribution in [1.29, 1.82) is 5.26 Å². The Morgan fingerprint density at radius 1 is 1.25 bits per heavy atom. The van der Waals surface area contributed by atoms with Gasteiger partial charge in [-0.25, -0.2) is 14.4 Å². The Morgan fingerprint density at radius 3 is 2.39 bits per heavy atom. The number of rotatable bonds is 1. The molecule has 1 aromatic carbocycles. The van der Waals surface area contributed by atoms with Gasteiger partial charge in [0, 0.05) is 43.5 Å². The van der Waals surface area contributed by atoms with E-state index in [0.717, 1.165) is 31.9 Å². The van der Waals surface area contributed by atoms with Crippen LogP contribution in [-0.2, 0) is 0 Å². The molecule has 0 spiro atoms. The molecular weight excluding hydrogens is 355 g/mol. The number of likely N-dealkylation sites (N-methyl/N-ethyl adjacent to an activating group) is 1. The number of hydrogen-bond acceptors (Lipinski definition) is 6. The van der Waals surface area contributed by atoms with Crippen molar-refractivity contribution in [2.75, 3.05) is 33.2 Å². The Hall–Kier alpha value is -2.72. The highest BCUT2D eigenvalue weighted by Gasteiger charge is 2.30. The van der Waals surface area contributed by atoms with Crippen LogP contribution in [0.2, 0.25) is 0 Å². The third-order valence-corrected chi connectivity index (χ3v) is 4.27. The molecule has 0 atom stereocenters. The molecule has 0 unspecified atom stereocenters. The molecule has 0 radical (unpaired) electrons. The molecule has 7 heteroatoms. The van der Waals surface area contributed by atoms with Gasteiger partial charge in [0.25, 0.3) is 0 Å². The second-order valence-corrected chi connectivity index (χ2v) is 7.18. The molecule has 2 aliphatic rings. The molecule has 1 fully saturated rings. The first-order valence-electron chi connectivity index (χ1n) is 9.59. The minimum Gasteiger partial charge on any atom is -0.338 e. The normalized spacial score (nSPS) is 16.5. The summed E-state index contributed by atoms with van der Waals surface area (Å²) >= 11 is 0. The molecule has 2 heterocycles. The fraction of sp³-hybridized carbons (Fsp3) is 0.476. The predicted octanol–water partition coefficient (Wildman–Crippen LogP) is 4.03. The number of hydrazone groups is 1. The van der Waals surface area contributed by atoms with Gasteiger partial charge in [-0.3, -0.25) is 0 Å². The number of hydrogen-bond donors (Lipinski definition) is 0. The van der Waals surface area contributed by atoms with Gasteiger partial charge in [-0.05, 0) is 27.0 Å². The first kappa shape index (κ1) is 21.6. The molecule has 1 saturated heterocycles. The van der Waals surface area contributed by atoms with E-state index in [9.17, 15) is 4.39 Å². The minimum atomic E-state index is -0.570. The van der Waals surface area contributed by atoms with Crippen LogP contribution in [0.25, 0.3) is 5.70 Å². The van der Waals surface area contributed by atoms with Crippen molar-refractivity contribution in [2.24, 2.45) is 10.1 Å². The van der Waals surface area contributed by atoms with Crippen LogP contribution in [0.1, 0.15) is 45.2 Å². The molecule has 2 aliphatic heterocycles. The third kappa shape index (κ3) is 4.76. The van der Waals surface area contributed by atoms with Crippen molar-refractivity contribution in [3.05, 3.63) is 35.7 Å². The average Bonchev–Trinajstić information content (AvgIpc) is 2.64. The summed E-state index contributed by atoms with van der Waals surface area (Å²) < 4.78 is 14.0. The summed E-state index contributed by atoms with van der Waals surface area (Å²) in [7, 11) is 2.08. The number of nitrogens with zero attached hydrogens (tertiary/aromatic N) is 6. The second-order valence-electron chi connectivity index (χ2n) is 7.18. The van der Waals surface area contributed by atoms with Crippen LogP contribution in [0.5, 0.6) is 0 Å². The fourth-order valence-electron chi connectivity index (χ4n) is 2.88. The topological polar surface area (TPSA) is 58.2 Å². The molecule has 3 rings (SSSR count). The van der Waals surface area contributed by atoms with Gasteiger partial charge in [0.05, 0.1) is 16.9 Å². The first-order valence-corrected chi connectivity index (χ1v) is 9.59. The summed E-state index contributed by atoms with van der Waals surface area (Å²) in [6, 6.07) is 4.66. The summed E-state index contributed by atoms with van der Waals surface area (Å²) in [5.74, 6) is 0.0788. The Morgan fingerprint density at radius 2 is 1.86 bits per heavy atom.